The van der Waals surface area contributed by atoms with E-state index >= 15 is 0 Å². The summed E-state index contributed by atoms with van der Waals surface area (Å²) in [7, 11) is 0. The van der Waals surface area contributed by atoms with Crippen molar-refractivity contribution in [1.82, 2.24) is 26.6 Å². The van der Waals surface area contributed by atoms with Crippen LogP contribution in [0.15, 0.2) is 0 Å². The van der Waals surface area contributed by atoms with E-state index in [0.717, 1.165) is 0 Å². The maximum absolute atomic E-state index is 13.1. The topological polar surface area (TPSA) is 206 Å². The van der Waals surface area contributed by atoms with E-state index in [1.165, 1.54) is 0 Å². The van der Waals surface area contributed by atoms with Crippen LogP contribution in [0.25, 0.3) is 0 Å². The molecule has 0 aromatic heterocycles. The molecule has 0 aromatic rings. The summed E-state index contributed by atoms with van der Waals surface area (Å²) in [5.41, 5.74) is 16.0. The largest absolute Gasteiger partial charge is 0.355 e. The van der Waals surface area contributed by atoms with Gasteiger partial charge in [-0.05, 0) is 20.3 Å². The normalized spacial score (nSPS) is 14.1. The molecule has 0 aliphatic heterocycles. The lowest BCUT2D eigenvalue weighted by atomic mass is 9.79. The molecule has 0 radical (unpaired) electrons. The third-order valence-corrected chi connectivity index (χ3v) is 5.97. The van der Waals surface area contributed by atoms with Crippen molar-refractivity contribution in [1.29, 1.82) is 0 Å². The Labute approximate surface area is 216 Å². The Hall–Kier alpha value is -1.96. The number of hydrogen-bond donors (Lipinski definition) is 8. The summed E-state index contributed by atoms with van der Waals surface area (Å²) in [4.78, 5) is 50.5. The number of carbonyl (C=O) groups is 4. The van der Waals surface area contributed by atoms with E-state index in [0.29, 0.717) is 58.8 Å². The molecule has 0 fully saturated rings. The van der Waals surface area contributed by atoms with Gasteiger partial charge in [0.15, 0.2) is 0 Å². The van der Waals surface area contributed by atoms with Crippen LogP contribution in [0.1, 0.15) is 53.4 Å². The molecular formula is C24H50N8O4. The number of carbonyl (C=O) groups excluding carboxylic acids is 4. The van der Waals surface area contributed by atoms with E-state index in [2.05, 4.69) is 26.6 Å². The fourth-order valence-electron chi connectivity index (χ4n) is 4.04. The second kappa shape index (κ2) is 19.2. The van der Waals surface area contributed by atoms with Crippen LogP contribution in [0.3, 0.4) is 0 Å². The third-order valence-electron chi connectivity index (χ3n) is 5.97. The molecule has 2 amide bonds. The maximum Gasteiger partial charge on any atom is 0.237 e. The zero-order chi connectivity index (χ0) is 27.6. The molecule has 0 heterocycles. The fraction of sp³-hybridized carbons (Fsp3) is 0.833. The Morgan fingerprint density at radius 1 is 0.778 bits per heavy atom. The average Bonchev–Trinajstić information content (AvgIpc) is 2.82. The van der Waals surface area contributed by atoms with Crippen LogP contribution in [0.5, 0.6) is 0 Å². The van der Waals surface area contributed by atoms with Crippen LogP contribution in [0.4, 0.5) is 0 Å². The smallest absolute Gasteiger partial charge is 0.237 e. The lowest BCUT2D eigenvalue weighted by molar-refractivity contribution is -0.131. The Kier molecular flexibility index (Phi) is 18.1. The second-order valence-electron chi connectivity index (χ2n) is 9.40. The molecule has 0 spiro atoms. The van der Waals surface area contributed by atoms with E-state index in [4.69, 9.17) is 17.2 Å². The first-order valence-corrected chi connectivity index (χ1v) is 13.0. The predicted octanol–water partition coefficient (Wildman–Crippen LogP) is -2.27. The quantitative estimate of drug-likeness (QED) is 0.0727. The van der Waals surface area contributed by atoms with E-state index < -0.39 is 29.4 Å². The molecule has 210 valence electrons. The van der Waals surface area contributed by atoms with Crippen molar-refractivity contribution in [3.8, 4) is 0 Å². The molecule has 0 aliphatic rings. The van der Waals surface area contributed by atoms with Gasteiger partial charge in [0.25, 0.3) is 0 Å². The predicted molar refractivity (Wildman–Crippen MR) is 142 cm³/mol. The van der Waals surface area contributed by atoms with Gasteiger partial charge in [0.1, 0.15) is 11.6 Å². The molecule has 0 aromatic carbocycles. The molecule has 12 heteroatoms. The summed E-state index contributed by atoms with van der Waals surface area (Å²) in [5, 5.41) is 14.9. The van der Waals surface area contributed by atoms with Gasteiger partial charge in [-0.1, -0.05) is 13.8 Å². The highest BCUT2D eigenvalue weighted by Crippen LogP contribution is 2.24. The van der Waals surface area contributed by atoms with Crippen LogP contribution >= 0.6 is 0 Å². The first-order chi connectivity index (χ1) is 17.0. The summed E-state index contributed by atoms with van der Waals surface area (Å²) in [6.45, 7) is 11.6. The van der Waals surface area contributed by atoms with Crippen molar-refractivity contribution in [2.45, 2.75) is 71.0 Å². The number of hydrogen-bond acceptors (Lipinski definition) is 10. The first-order valence-electron chi connectivity index (χ1n) is 13.0. The third kappa shape index (κ3) is 14.0. The van der Waals surface area contributed by atoms with Crippen molar-refractivity contribution in [3.05, 3.63) is 0 Å². The van der Waals surface area contributed by atoms with Crippen molar-refractivity contribution in [2.75, 3.05) is 52.4 Å². The molecule has 0 bridgehead atoms. The van der Waals surface area contributed by atoms with Gasteiger partial charge in [0, 0.05) is 83.1 Å². The van der Waals surface area contributed by atoms with Gasteiger partial charge in [-0.25, -0.2) is 0 Å². The minimum atomic E-state index is -0.969. The summed E-state index contributed by atoms with van der Waals surface area (Å²) >= 11 is 0. The van der Waals surface area contributed by atoms with Crippen LogP contribution < -0.4 is 43.8 Å². The van der Waals surface area contributed by atoms with Gasteiger partial charge in [-0.3, -0.25) is 19.2 Å². The SMILES string of the molecule is CCC(=O)C(CC(=O)NCCNCCN)NC(C)(C)C(CC)C(=O)CC(N)C(=O)NCCNCCN. The molecule has 3 unspecified atom stereocenters. The van der Waals surface area contributed by atoms with Crippen LogP contribution in [0.2, 0.25) is 0 Å². The highest BCUT2D eigenvalue weighted by atomic mass is 16.2. The number of nitrogens with one attached hydrogen (secondary N) is 5. The molecule has 3 atom stereocenters. The van der Waals surface area contributed by atoms with E-state index in [1.54, 1.807) is 6.92 Å². The van der Waals surface area contributed by atoms with E-state index in [9.17, 15) is 19.2 Å². The highest BCUT2D eigenvalue weighted by molar-refractivity contribution is 5.91. The zero-order valence-corrected chi connectivity index (χ0v) is 22.6. The number of rotatable bonds is 22. The van der Waals surface area contributed by atoms with Crippen molar-refractivity contribution < 1.29 is 19.2 Å². The van der Waals surface area contributed by atoms with E-state index in [1.807, 2.05) is 20.8 Å². The van der Waals surface area contributed by atoms with Crippen molar-refractivity contribution in [3.63, 3.8) is 0 Å². The molecule has 11 N–H and O–H groups in total. The fourth-order valence-corrected chi connectivity index (χ4v) is 4.04. The Morgan fingerprint density at radius 3 is 1.83 bits per heavy atom. The number of amides is 2. The van der Waals surface area contributed by atoms with Gasteiger partial charge >= 0.3 is 0 Å². The molecule has 0 rings (SSSR count). The minimum absolute atomic E-state index is 0.0300. The van der Waals surface area contributed by atoms with Crippen molar-refractivity contribution in [2.24, 2.45) is 23.1 Å². The Balaban J connectivity index is 5.02. The molecular weight excluding hydrogens is 464 g/mol. The Morgan fingerprint density at radius 2 is 1.33 bits per heavy atom. The van der Waals surface area contributed by atoms with Gasteiger partial charge in [0.2, 0.25) is 11.8 Å². The summed E-state index contributed by atoms with van der Waals surface area (Å²) in [6.07, 6.45) is 0.601. The summed E-state index contributed by atoms with van der Waals surface area (Å²) in [6, 6.07) is -1.70. The molecule has 0 saturated heterocycles. The van der Waals surface area contributed by atoms with Gasteiger partial charge < -0.3 is 43.8 Å². The van der Waals surface area contributed by atoms with E-state index in [-0.39, 0.29) is 36.7 Å². The summed E-state index contributed by atoms with van der Waals surface area (Å²) < 4.78 is 0. The number of ketones is 2. The second-order valence-corrected chi connectivity index (χ2v) is 9.40. The lowest BCUT2D eigenvalue weighted by Crippen LogP contribution is -2.57. The number of nitrogens with two attached hydrogens (primary N) is 3. The molecule has 12 nitrogen and oxygen atoms in total. The average molecular weight is 515 g/mol. The van der Waals surface area contributed by atoms with Gasteiger partial charge in [0.05, 0.1) is 12.1 Å². The monoisotopic (exact) mass is 514 g/mol. The maximum atomic E-state index is 13.1. The van der Waals surface area contributed by atoms with Crippen LogP contribution in [-0.2, 0) is 19.2 Å². The molecule has 0 aliphatic carbocycles. The summed E-state index contributed by atoms with van der Waals surface area (Å²) in [5.74, 6) is -1.43. The Bertz CT molecular complexity index is 675. The van der Waals surface area contributed by atoms with Gasteiger partial charge in [-0.15, -0.1) is 0 Å². The highest BCUT2D eigenvalue weighted by Gasteiger charge is 2.38. The lowest BCUT2D eigenvalue weighted by Gasteiger charge is -2.37. The van der Waals surface area contributed by atoms with Crippen molar-refractivity contribution >= 4 is 23.4 Å². The molecule has 0 saturated carbocycles. The first kappa shape index (κ1) is 34.0. The van der Waals surface area contributed by atoms with Crippen LogP contribution in [0, 0.1) is 5.92 Å². The number of Topliss-reactive ketones (excluding diaryl/α,β-unsaturated/α-hetero) is 2. The minimum Gasteiger partial charge on any atom is -0.355 e. The molecule has 36 heavy (non-hydrogen) atoms. The zero-order valence-electron chi connectivity index (χ0n) is 22.6. The van der Waals surface area contributed by atoms with Crippen LogP contribution in [-0.4, -0.2) is 93.4 Å². The van der Waals surface area contributed by atoms with Gasteiger partial charge in [-0.2, -0.15) is 0 Å². The standard InChI is InChI=1S/C24H50N8O4/c1-5-17(21(34)15-18(27)23(36)31-14-12-29-10-8-26)24(3,4)32-19(20(33)6-2)16-22(35)30-13-11-28-9-7-25/h17-19,28-29,32H,5-16,25-27H2,1-4H3,(H,30,35)(H,31,36).